The summed E-state index contributed by atoms with van der Waals surface area (Å²) in [6, 6.07) is 11.3. The van der Waals surface area contributed by atoms with E-state index in [0.29, 0.717) is 10.6 Å². The maximum atomic E-state index is 8.94. The summed E-state index contributed by atoms with van der Waals surface area (Å²) in [5, 5.41) is 17.3. The Labute approximate surface area is 103 Å². The molecule has 0 radical (unpaired) electrons. The Kier molecular flexibility index (Phi) is 3.58. The highest BCUT2D eigenvalue weighted by Crippen LogP contribution is 2.29. The highest BCUT2D eigenvalue weighted by atomic mass is 32.2. The van der Waals surface area contributed by atoms with Gasteiger partial charge >= 0.3 is 0 Å². The molecule has 0 aliphatic heterocycles. The zero-order valence-corrected chi connectivity index (χ0v) is 9.94. The molecule has 1 aromatic heterocycles. The third-order valence-electron chi connectivity index (χ3n) is 2.06. The molecule has 0 unspecified atom stereocenters. The van der Waals surface area contributed by atoms with Crippen LogP contribution in [0.5, 0.6) is 5.75 Å². The van der Waals surface area contributed by atoms with Crippen LogP contribution in [0.3, 0.4) is 0 Å². The van der Waals surface area contributed by atoms with Crippen LogP contribution in [-0.4, -0.2) is 17.3 Å². The molecule has 0 saturated heterocycles. The highest BCUT2D eigenvalue weighted by molar-refractivity contribution is 7.99. The minimum atomic E-state index is 0.521. The lowest BCUT2D eigenvalue weighted by molar-refractivity contribution is 0.413. The molecule has 0 saturated carbocycles. The summed E-state index contributed by atoms with van der Waals surface area (Å²) in [6.45, 7) is 0. The molecule has 0 spiro atoms. The van der Waals surface area contributed by atoms with Gasteiger partial charge in [-0.2, -0.15) is 10.4 Å². The first kappa shape index (κ1) is 11.4. The zero-order chi connectivity index (χ0) is 12.1. The number of hydrogen-bond donors (Lipinski definition) is 0. The van der Waals surface area contributed by atoms with Crippen molar-refractivity contribution in [2.24, 2.45) is 0 Å². The van der Waals surface area contributed by atoms with Crippen molar-refractivity contribution in [3.8, 4) is 11.8 Å². The molecule has 4 nitrogen and oxygen atoms in total. The van der Waals surface area contributed by atoms with Crippen LogP contribution in [0.2, 0.25) is 0 Å². The quantitative estimate of drug-likeness (QED) is 0.829. The molecule has 0 fully saturated rings. The number of rotatable bonds is 3. The predicted molar refractivity (Wildman–Crippen MR) is 63.9 cm³/mol. The predicted octanol–water partition coefficient (Wildman–Crippen LogP) is 2.51. The summed E-state index contributed by atoms with van der Waals surface area (Å²) in [6.07, 6.45) is 1.51. The van der Waals surface area contributed by atoms with Gasteiger partial charge in [-0.1, -0.05) is 17.8 Å². The number of nitriles is 1. The average molecular weight is 243 g/mol. The van der Waals surface area contributed by atoms with Crippen molar-refractivity contribution in [1.29, 1.82) is 5.26 Å². The van der Waals surface area contributed by atoms with Gasteiger partial charge < -0.3 is 4.74 Å². The maximum absolute atomic E-state index is 8.94. The molecule has 0 aliphatic rings. The summed E-state index contributed by atoms with van der Waals surface area (Å²) in [5.41, 5.74) is 0.521. The molecule has 0 atom stereocenters. The number of hydrogen-bond acceptors (Lipinski definition) is 5. The standard InChI is InChI=1S/C12H9N3OS/c1-16-10-3-2-4-11(7-10)17-12-9(8-13)5-6-14-15-12/h2-7H,1H3. The SMILES string of the molecule is COc1cccc(Sc2nnccc2C#N)c1. The fourth-order valence-corrected chi connectivity index (χ4v) is 2.11. The fourth-order valence-electron chi connectivity index (χ4n) is 1.26. The lowest BCUT2D eigenvalue weighted by Crippen LogP contribution is -1.89. The van der Waals surface area contributed by atoms with Crippen molar-refractivity contribution < 1.29 is 4.74 Å². The topological polar surface area (TPSA) is 58.8 Å². The molecular weight excluding hydrogens is 234 g/mol. The maximum Gasteiger partial charge on any atom is 0.141 e. The first-order valence-corrected chi connectivity index (χ1v) is 5.69. The lowest BCUT2D eigenvalue weighted by Gasteiger charge is -2.03. The van der Waals surface area contributed by atoms with E-state index in [1.54, 1.807) is 13.2 Å². The molecule has 0 bridgehead atoms. The Morgan fingerprint density at radius 3 is 3.00 bits per heavy atom. The molecular formula is C12H9N3OS. The molecule has 2 aromatic rings. The van der Waals surface area contributed by atoms with Crippen molar-refractivity contribution in [3.05, 3.63) is 42.1 Å². The first-order valence-electron chi connectivity index (χ1n) is 4.87. The Hall–Kier alpha value is -2.06. The normalized spacial score (nSPS) is 9.65. The van der Waals surface area contributed by atoms with E-state index >= 15 is 0 Å². The smallest absolute Gasteiger partial charge is 0.141 e. The summed E-state index contributed by atoms with van der Waals surface area (Å²) >= 11 is 1.39. The van der Waals surface area contributed by atoms with E-state index in [0.717, 1.165) is 10.6 Å². The molecule has 0 amide bonds. The van der Waals surface area contributed by atoms with Gasteiger partial charge in [0.05, 0.1) is 18.9 Å². The molecule has 84 valence electrons. The lowest BCUT2D eigenvalue weighted by atomic mass is 10.3. The molecule has 17 heavy (non-hydrogen) atoms. The Bertz CT molecular complexity index is 566. The summed E-state index contributed by atoms with van der Waals surface area (Å²) in [7, 11) is 1.62. The van der Waals surface area contributed by atoms with Gasteiger partial charge in [0.15, 0.2) is 0 Å². The third-order valence-corrected chi connectivity index (χ3v) is 3.05. The summed E-state index contributed by atoms with van der Waals surface area (Å²) in [4.78, 5) is 0.960. The second-order valence-electron chi connectivity index (χ2n) is 3.14. The number of methoxy groups -OCH3 is 1. The van der Waals surface area contributed by atoms with Gasteiger partial charge in [0.2, 0.25) is 0 Å². The van der Waals surface area contributed by atoms with Crippen molar-refractivity contribution in [1.82, 2.24) is 10.2 Å². The third kappa shape index (κ3) is 2.74. The largest absolute Gasteiger partial charge is 0.497 e. The molecule has 0 aliphatic carbocycles. The molecule has 5 heteroatoms. The van der Waals surface area contributed by atoms with Crippen LogP contribution in [0.4, 0.5) is 0 Å². The van der Waals surface area contributed by atoms with Gasteiger partial charge in [0, 0.05) is 4.90 Å². The molecule has 1 heterocycles. The van der Waals surface area contributed by atoms with Crippen LogP contribution < -0.4 is 4.74 Å². The Balaban J connectivity index is 2.28. The number of nitrogens with zero attached hydrogens (tertiary/aromatic N) is 3. The number of ether oxygens (including phenoxy) is 1. The monoisotopic (exact) mass is 243 g/mol. The zero-order valence-electron chi connectivity index (χ0n) is 9.12. The van der Waals surface area contributed by atoms with Gasteiger partial charge in [-0.15, -0.1) is 5.10 Å². The highest BCUT2D eigenvalue weighted by Gasteiger charge is 2.06. The van der Waals surface area contributed by atoms with Crippen LogP contribution in [0.25, 0.3) is 0 Å². The Morgan fingerprint density at radius 2 is 2.24 bits per heavy atom. The Morgan fingerprint density at radius 1 is 1.35 bits per heavy atom. The number of aromatic nitrogens is 2. The summed E-state index contributed by atoms with van der Waals surface area (Å²) in [5.74, 6) is 0.775. The van der Waals surface area contributed by atoms with Crippen LogP contribution in [0.1, 0.15) is 5.56 Å². The van der Waals surface area contributed by atoms with Gasteiger partial charge in [-0.25, -0.2) is 0 Å². The van der Waals surface area contributed by atoms with E-state index in [2.05, 4.69) is 16.3 Å². The van der Waals surface area contributed by atoms with Crippen molar-refractivity contribution in [2.45, 2.75) is 9.92 Å². The van der Waals surface area contributed by atoms with E-state index < -0.39 is 0 Å². The van der Waals surface area contributed by atoms with E-state index in [1.807, 2.05) is 24.3 Å². The van der Waals surface area contributed by atoms with Crippen LogP contribution in [0.15, 0.2) is 46.5 Å². The van der Waals surface area contributed by atoms with E-state index in [4.69, 9.17) is 10.00 Å². The average Bonchev–Trinajstić information content (AvgIpc) is 2.39. The van der Waals surface area contributed by atoms with E-state index in [1.165, 1.54) is 18.0 Å². The van der Waals surface area contributed by atoms with Crippen molar-refractivity contribution >= 4 is 11.8 Å². The molecule has 2 rings (SSSR count). The van der Waals surface area contributed by atoms with Crippen LogP contribution >= 0.6 is 11.8 Å². The summed E-state index contributed by atoms with van der Waals surface area (Å²) < 4.78 is 5.13. The van der Waals surface area contributed by atoms with Crippen molar-refractivity contribution in [2.75, 3.05) is 7.11 Å². The molecule has 0 N–H and O–H groups in total. The number of benzene rings is 1. The van der Waals surface area contributed by atoms with Gasteiger partial charge in [-0.05, 0) is 24.3 Å². The van der Waals surface area contributed by atoms with Gasteiger partial charge in [-0.3, -0.25) is 0 Å². The minimum absolute atomic E-state index is 0.521. The second-order valence-corrected chi connectivity index (χ2v) is 4.21. The van der Waals surface area contributed by atoms with E-state index in [9.17, 15) is 0 Å². The van der Waals surface area contributed by atoms with E-state index in [-0.39, 0.29) is 0 Å². The minimum Gasteiger partial charge on any atom is -0.497 e. The van der Waals surface area contributed by atoms with Crippen molar-refractivity contribution in [3.63, 3.8) is 0 Å². The van der Waals surface area contributed by atoms with Crippen LogP contribution in [0, 0.1) is 11.3 Å². The fraction of sp³-hybridized carbons (Fsp3) is 0.0833. The molecule has 1 aromatic carbocycles. The van der Waals surface area contributed by atoms with Gasteiger partial charge in [0.25, 0.3) is 0 Å². The second kappa shape index (κ2) is 5.32. The first-order chi connectivity index (χ1) is 8.33. The van der Waals surface area contributed by atoms with Crippen LogP contribution in [-0.2, 0) is 0 Å². The van der Waals surface area contributed by atoms with Gasteiger partial charge in [0.1, 0.15) is 16.8 Å².